The summed E-state index contributed by atoms with van der Waals surface area (Å²) in [6, 6.07) is 3.36. The molecule has 4 nitrogen and oxygen atoms in total. The van der Waals surface area contributed by atoms with Gasteiger partial charge in [-0.25, -0.2) is 9.97 Å². The van der Waals surface area contributed by atoms with Crippen molar-refractivity contribution in [3.63, 3.8) is 0 Å². The summed E-state index contributed by atoms with van der Waals surface area (Å²) in [5.41, 5.74) is 1.29. The highest BCUT2D eigenvalue weighted by molar-refractivity contribution is 7.09. The van der Waals surface area contributed by atoms with Crippen LogP contribution in [-0.2, 0) is 6.54 Å². The standard InChI is InChI=1S/C12H12ClN3OS/c1-8-15-9(7-18-8)6-16(2)12(17)10-4-3-5-14-11(10)13/h3-5,7H,6H2,1-2H3. The molecule has 0 spiro atoms. The number of hydrogen-bond acceptors (Lipinski definition) is 4. The zero-order valence-electron chi connectivity index (χ0n) is 10.1. The van der Waals surface area contributed by atoms with E-state index in [1.165, 1.54) is 0 Å². The maximum atomic E-state index is 12.2. The van der Waals surface area contributed by atoms with Crippen LogP contribution in [0.2, 0.25) is 5.15 Å². The molecule has 2 heterocycles. The highest BCUT2D eigenvalue weighted by Crippen LogP contribution is 2.16. The quantitative estimate of drug-likeness (QED) is 0.813. The minimum atomic E-state index is -0.154. The first-order valence-electron chi connectivity index (χ1n) is 5.35. The third-order valence-corrected chi connectivity index (χ3v) is 3.53. The van der Waals surface area contributed by atoms with Crippen LogP contribution in [0.1, 0.15) is 21.1 Å². The molecule has 0 aliphatic heterocycles. The van der Waals surface area contributed by atoms with E-state index in [2.05, 4.69) is 9.97 Å². The Labute approximate surface area is 114 Å². The predicted molar refractivity (Wildman–Crippen MR) is 71.9 cm³/mol. The number of pyridine rings is 1. The van der Waals surface area contributed by atoms with Crippen LogP contribution in [0.4, 0.5) is 0 Å². The fraction of sp³-hybridized carbons (Fsp3) is 0.250. The van der Waals surface area contributed by atoms with Crippen LogP contribution >= 0.6 is 22.9 Å². The molecular weight excluding hydrogens is 270 g/mol. The molecule has 2 aromatic rings. The lowest BCUT2D eigenvalue weighted by Gasteiger charge is -2.16. The summed E-state index contributed by atoms with van der Waals surface area (Å²) in [5, 5.41) is 3.17. The third-order valence-electron chi connectivity index (χ3n) is 2.40. The monoisotopic (exact) mass is 281 g/mol. The highest BCUT2D eigenvalue weighted by atomic mass is 35.5. The van der Waals surface area contributed by atoms with Crippen molar-refractivity contribution in [1.29, 1.82) is 0 Å². The Bertz CT molecular complexity index is 570. The number of carbonyl (C=O) groups is 1. The minimum absolute atomic E-state index is 0.154. The first kappa shape index (κ1) is 13.0. The van der Waals surface area contributed by atoms with Crippen molar-refractivity contribution >= 4 is 28.8 Å². The van der Waals surface area contributed by atoms with Crippen molar-refractivity contribution in [3.05, 3.63) is 45.1 Å². The number of halogens is 1. The molecule has 2 rings (SSSR count). The average molecular weight is 282 g/mol. The van der Waals surface area contributed by atoms with Gasteiger partial charge in [-0.1, -0.05) is 11.6 Å². The summed E-state index contributed by atoms with van der Waals surface area (Å²) in [5.74, 6) is -0.154. The van der Waals surface area contributed by atoms with Gasteiger partial charge in [-0.2, -0.15) is 0 Å². The first-order chi connectivity index (χ1) is 8.58. The zero-order chi connectivity index (χ0) is 13.1. The Kier molecular flexibility index (Phi) is 3.93. The van der Waals surface area contributed by atoms with Crippen LogP contribution < -0.4 is 0 Å². The molecular formula is C12H12ClN3OS. The zero-order valence-corrected chi connectivity index (χ0v) is 11.6. The maximum Gasteiger partial charge on any atom is 0.257 e. The molecule has 0 aliphatic carbocycles. The number of hydrogen-bond donors (Lipinski definition) is 0. The van der Waals surface area contributed by atoms with Gasteiger partial charge in [-0.3, -0.25) is 4.79 Å². The molecule has 0 aliphatic rings. The smallest absolute Gasteiger partial charge is 0.257 e. The fourth-order valence-electron chi connectivity index (χ4n) is 1.55. The SMILES string of the molecule is Cc1nc(CN(C)C(=O)c2cccnc2Cl)cs1. The average Bonchev–Trinajstić information content (AvgIpc) is 2.74. The van der Waals surface area contributed by atoms with Crippen molar-refractivity contribution < 1.29 is 4.79 Å². The molecule has 0 unspecified atom stereocenters. The lowest BCUT2D eigenvalue weighted by atomic mass is 10.2. The number of thiazole rings is 1. The molecule has 0 radical (unpaired) electrons. The first-order valence-corrected chi connectivity index (χ1v) is 6.60. The molecule has 0 saturated carbocycles. The Hall–Kier alpha value is -1.46. The van der Waals surface area contributed by atoms with Crippen LogP contribution in [0, 0.1) is 6.92 Å². The molecule has 94 valence electrons. The molecule has 1 amide bonds. The van der Waals surface area contributed by atoms with E-state index < -0.39 is 0 Å². The van der Waals surface area contributed by atoms with Gasteiger partial charge in [0.05, 0.1) is 22.8 Å². The van der Waals surface area contributed by atoms with Gasteiger partial charge in [0.15, 0.2) is 0 Å². The van der Waals surface area contributed by atoms with Crippen molar-refractivity contribution in [2.45, 2.75) is 13.5 Å². The third kappa shape index (κ3) is 2.86. The topological polar surface area (TPSA) is 46.1 Å². The minimum Gasteiger partial charge on any atom is -0.336 e. The van der Waals surface area contributed by atoms with Gasteiger partial charge in [-0.15, -0.1) is 11.3 Å². The summed E-state index contributed by atoms with van der Waals surface area (Å²) in [6.07, 6.45) is 1.56. The number of carbonyl (C=O) groups excluding carboxylic acids is 1. The Balaban J connectivity index is 2.12. The summed E-state index contributed by atoms with van der Waals surface area (Å²) >= 11 is 7.47. The Morgan fingerprint density at radius 2 is 2.33 bits per heavy atom. The van der Waals surface area contributed by atoms with Crippen molar-refractivity contribution in [2.24, 2.45) is 0 Å². The van der Waals surface area contributed by atoms with Crippen LogP contribution in [0.5, 0.6) is 0 Å². The summed E-state index contributed by atoms with van der Waals surface area (Å²) < 4.78 is 0. The normalized spacial score (nSPS) is 10.4. The summed E-state index contributed by atoms with van der Waals surface area (Å²) in [4.78, 5) is 22.0. The number of rotatable bonds is 3. The van der Waals surface area contributed by atoms with Crippen molar-refractivity contribution in [1.82, 2.24) is 14.9 Å². The second-order valence-corrected chi connectivity index (χ2v) is 5.28. The highest BCUT2D eigenvalue weighted by Gasteiger charge is 2.16. The van der Waals surface area contributed by atoms with E-state index in [-0.39, 0.29) is 11.1 Å². The molecule has 18 heavy (non-hydrogen) atoms. The van der Waals surface area contributed by atoms with E-state index in [9.17, 15) is 4.79 Å². The lowest BCUT2D eigenvalue weighted by Crippen LogP contribution is -2.26. The second-order valence-electron chi connectivity index (χ2n) is 3.86. The van der Waals surface area contributed by atoms with Gasteiger partial charge < -0.3 is 4.90 Å². The largest absolute Gasteiger partial charge is 0.336 e. The number of aromatic nitrogens is 2. The van der Waals surface area contributed by atoms with Gasteiger partial charge in [0.25, 0.3) is 5.91 Å². The molecule has 0 saturated heterocycles. The van der Waals surface area contributed by atoms with Crippen LogP contribution in [-0.4, -0.2) is 27.8 Å². The van der Waals surface area contributed by atoms with E-state index in [1.54, 1.807) is 41.6 Å². The van der Waals surface area contributed by atoms with E-state index in [1.807, 2.05) is 12.3 Å². The molecule has 2 aromatic heterocycles. The predicted octanol–water partition coefficient (Wildman–Crippen LogP) is 2.77. The Morgan fingerprint density at radius 1 is 1.56 bits per heavy atom. The van der Waals surface area contributed by atoms with Crippen molar-refractivity contribution in [2.75, 3.05) is 7.05 Å². The molecule has 0 atom stereocenters. The van der Waals surface area contributed by atoms with E-state index in [4.69, 9.17) is 11.6 Å². The van der Waals surface area contributed by atoms with Gasteiger partial charge in [0.2, 0.25) is 0 Å². The number of amides is 1. The molecule has 0 bridgehead atoms. The van der Waals surface area contributed by atoms with Crippen LogP contribution in [0.15, 0.2) is 23.7 Å². The molecule has 6 heteroatoms. The van der Waals surface area contributed by atoms with Gasteiger partial charge >= 0.3 is 0 Å². The number of aryl methyl sites for hydroxylation is 1. The molecule has 0 N–H and O–H groups in total. The van der Waals surface area contributed by atoms with Crippen LogP contribution in [0.25, 0.3) is 0 Å². The number of nitrogens with zero attached hydrogens (tertiary/aromatic N) is 3. The maximum absolute atomic E-state index is 12.2. The molecule has 0 fully saturated rings. The van der Waals surface area contributed by atoms with Crippen LogP contribution in [0.3, 0.4) is 0 Å². The van der Waals surface area contributed by atoms with Gasteiger partial charge in [0, 0.05) is 18.6 Å². The molecule has 0 aromatic carbocycles. The van der Waals surface area contributed by atoms with Gasteiger partial charge in [0.1, 0.15) is 5.15 Å². The van der Waals surface area contributed by atoms with E-state index in [0.717, 1.165) is 10.7 Å². The fourth-order valence-corrected chi connectivity index (χ4v) is 2.35. The van der Waals surface area contributed by atoms with Gasteiger partial charge in [-0.05, 0) is 19.1 Å². The van der Waals surface area contributed by atoms with E-state index in [0.29, 0.717) is 12.1 Å². The summed E-state index contributed by atoms with van der Waals surface area (Å²) in [6.45, 7) is 2.41. The summed E-state index contributed by atoms with van der Waals surface area (Å²) in [7, 11) is 1.72. The lowest BCUT2D eigenvalue weighted by molar-refractivity contribution is 0.0783. The van der Waals surface area contributed by atoms with Crippen molar-refractivity contribution in [3.8, 4) is 0 Å². The van der Waals surface area contributed by atoms with E-state index >= 15 is 0 Å². The second kappa shape index (κ2) is 5.46. The Morgan fingerprint density at radius 3 is 2.94 bits per heavy atom.